The molecule has 0 radical (unpaired) electrons. The molecule has 2 rings (SSSR count). The van der Waals surface area contributed by atoms with E-state index in [-0.39, 0.29) is 18.2 Å². The monoisotopic (exact) mass is 372 g/mol. The van der Waals surface area contributed by atoms with Crippen LogP contribution in [0.3, 0.4) is 0 Å². The zero-order valence-corrected chi connectivity index (χ0v) is 16.3. The summed E-state index contributed by atoms with van der Waals surface area (Å²) in [4.78, 5) is 25.8. The standard InChI is InChI=1S/C21H25ClN2O2/c1-15-5-4-6-20(16(15)2)24(17(3)25)14-12-21(26)23-13-11-18-7-9-19(22)10-8-18/h4-10H,11-14H2,1-3H3,(H,23,26). The molecule has 0 saturated heterocycles. The predicted molar refractivity (Wildman–Crippen MR) is 107 cm³/mol. The van der Waals surface area contributed by atoms with E-state index in [1.165, 1.54) is 6.92 Å². The first-order valence-electron chi connectivity index (χ1n) is 8.74. The second kappa shape index (κ2) is 9.39. The summed E-state index contributed by atoms with van der Waals surface area (Å²) in [6.07, 6.45) is 1.02. The van der Waals surface area contributed by atoms with Gasteiger partial charge in [-0.25, -0.2) is 0 Å². The highest BCUT2D eigenvalue weighted by atomic mass is 35.5. The maximum atomic E-state index is 12.1. The molecule has 0 aliphatic carbocycles. The molecule has 0 aliphatic rings. The zero-order valence-electron chi connectivity index (χ0n) is 15.5. The third-order valence-electron chi connectivity index (χ3n) is 4.46. The summed E-state index contributed by atoms with van der Waals surface area (Å²) in [5.41, 5.74) is 4.17. The van der Waals surface area contributed by atoms with Gasteiger partial charge in [-0.1, -0.05) is 35.9 Å². The molecule has 138 valence electrons. The maximum Gasteiger partial charge on any atom is 0.223 e. The lowest BCUT2D eigenvalue weighted by molar-refractivity contribution is -0.121. The van der Waals surface area contributed by atoms with E-state index in [0.717, 1.165) is 28.8 Å². The molecule has 0 bridgehead atoms. The van der Waals surface area contributed by atoms with Gasteiger partial charge in [-0.05, 0) is 55.2 Å². The number of benzene rings is 2. The number of anilines is 1. The van der Waals surface area contributed by atoms with Crippen molar-refractivity contribution in [3.8, 4) is 0 Å². The largest absolute Gasteiger partial charge is 0.356 e. The quantitative estimate of drug-likeness (QED) is 0.796. The zero-order chi connectivity index (χ0) is 19.1. The minimum Gasteiger partial charge on any atom is -0.356 e. The third kappa shape index (κ3) is 5.60. The maximum absolute atomic E-state index is 12.1. The first-order chi connectivity index (χ1) is 12.4. The fourth-order valence-corrected chi connectivity index (χ4v) is 2.90. The van der Waals surface area contributed by atoms with Crippen molar-refractivity contribution in [3.63, 3.8) is 0 Å². The number of rotatable bonds is 7. The number of nitrogens with one attached hydrogen (secondary N) is 1. The second-order valence-corrected chi connectivity index (χ2v) is 6.80. The van der Waals surface area contributed by atoms with Crippen LogP contribution in [0.2, 0.25) is 5.02 Å². The molecule has 0 unspecified atom stereocenters. The van der Waals surface area contributed by atoms with Crippen LogP contribution in [0.15, 0.2) is 42.5 Å². The Kier molecular flexibility index (Phi) is 7.22. The van der Waals surface area contributed by atoms with Crippen LogP contribution < -0.4 is 10.2 Å². The van der Waals surface area contributed by atoms with Crippen LogP contribution in [0.4, 0.5) is 5.69 Å². The minimum absolute atomic E-state index is 0.0597. The highest BCUT2D eigenvalue weighted by molar-refractivity contribution is 6.30. The van der Waals surface area contributed by atoms with E-state index in [0.29, 0.717) is 18.1 Å². The molecule has 0 fully saturated rings. The molecule has 26 heavy (non-hydrogen) atoms. The van der Waals surface area contributed by atoms with Crippen LogP contribution in [0, 0.1) is 13.8 Å². The fraction of sp³-hybridized carbons (Fsp3) is 0.333. The van der Waals surface area contributed by atoms with Gasteiger partial charge in [0.05, 0.1) is 0 Å². The number of halogens is 1. The molecule has 5 heteroatoms. The molecule has 2 aromatic rings. The van der Waals surface area contributed by atoms with E-state index in [4.69, 9.17) is 11.6 Å². The van der Waals surface area contributed by atoms with Crippen molar-refractivity contribution in [2.45, 2.75) is 33.6 Å². The summed E-state index contributed by atoms with van der Waals surface area (Å²) in [7, 11) is 0. The van der Waals surface area contributed by atoms with Crippen molar-refractivity contribution < 1.29 is 9.59 Å². The van der Waals surface area contributed by atoms with Crippen molar-refractivity contribution in [1.82, 2.24) is 5.32 Å². The van der Waals surface area contributed by atoms with Crippen molar-refractivity contribution in [2.24, 2.45) is 0 Å². The Morgan fingerprint density at radius 2 is 1.77 bits per heavy atom. The van der Waals surface area contributed by atoms with Crippen LogP contribution in [-0.2, 0) is 16.0 Å². The second-order valence-electron chi connectivity index (χ2n) is 6.37. The van der Waals surface area contributed by atoms with Crippen LogP contribution in [0.25, 0.3) is 0 Å². The molecule has 0 aromatic heterocycles. The molecule has 0 aliphatic heterocycles. The van der Waals surface area contributed by atoms with Crippen LogP contribution in [0.1, 0.15) is 30.0 Å². The lowest BCUT2D eigenvalue weighted by Crippen LogP contribution is -2.34. The van der Waals surface area contributed by atoms with Gasteiger partial charge in [0, 0.05) is 37.1 Å². The summed E-state index contributed by atoms with van der Waals surface area (Å²) in [6.45, 7) is 6.46. The van der Waals surface area contributed by atoms with Gasteiger partial charge in [-0.3, -0.25) is 9.59 Å². The first-order valence-corrected chi connectivity index (χ1v) is 9.11. The van der Waals surface area contributed by atoms with Crippen LogP contribution >= 0.6 is 11.6 Å². The highest BCUT2D eigenvalue weighted by Crippen LogP contribution is 2.23. The minimum atomic E-state index is -0.0623. The normalized spacial score (nSPS) is 10.5. The van der Waals surface area contributed by atoms with Gasteiger partial charge < -0.3 is 10.2 Å². The summed E-state index contributed by atoms with van der Waals surface area (Å²) in [5, 5.41) is 3.61. The molecular formula is C21H25ClN2O2. The van der Waals surface area contributed by atoms with Gasteiger partial charge in [0.2, 0.25) is 11.8 Å². The Labute approximate surface area is 160 Å². The van der Waals surface area contributed by atoms with Gasteiger partial charge in [0.25, 0.3) is 0 Å². The Morgan fingerprint density at radius 1 is 1.08 bits per heavy atom. The van der Waals surface area contributed by atoms with E-state index in [1.54, 1.807) is 4.90 Å². The smallest absolute Gasteiger partial charge is 0.223 e. The molecule has 2 aromatic carbocycles. The van der Waals surface area contributed by atoms with Crippen molar-refractivity contribution >= 4 is 29.1 Å². The molecule has 0 saturated carbocycles. The fourth-order valence-electron chi connectivity index (χ4n) is 2.77. The van der Waals surface area contributed by atoms with Gasteiger partial charge in [-0.2, -0.15) is 0 Å². The Hall–Kier alpha value is -2.33. The van der Waals surface area contributed by atoms with E-state index >= 15 is 0 Å². The molecule has 0 spiro atoms. The number of carbonyl (C=O) groups excluding carboxylic acids is 2. The van der Waals surface area contributed by atoms with Crippen molar-refractivity contribution in [3.05, 3.63) is 64.2 Å². The summed E-state index contributed by atoms with van der Waals surface area (Å²) >= 11 is 5.86. The lowest BCUT2D eigenvalue weighted by atomic mass is 10.1. The molecule has 0 heterocycles. The van der Waals surface area contributed by atoms with E-state index in [2.05, 4.69) is 5.32 Å². The average Bonchev–Trinajstić information content (AvgIpc) is 2.60. The van der Waals surface area contributed by atoms with Gasteiger partial charge in [0.1, 0.15) is 0 Å². The van der Waals surface area contributed by atoms with Crippen LogP contribution in [-0.4, -0.2) is 24.9 Å². The SMILES string of the molecule is CC(=O)N(CCC(=O)NCCc1ccc(Cl)cc1)c1cccc(C)c1C. The summed E-state index contributed by atoms with van der Waals surface area (Å²) in [5.74, 6) is -0.122. The van der Waals surface area contributed by atoms with E-state index < -0.39 is 0 Å². The molecule has 2 amide bonds. The molecule has 1 N–H and O–H groups in total. The number of hydrogen-bond donors (Lipinski definition) is 1. The van der Waals surface area contributed by atoms with E-state index in [1.807, 2.05) is 56.3 Å². The Balaban J connectivity index is 1.86. The number of amides is 2. The number of hydrogen-bond acceptors (Lipinski definition) is 2. The lowest BCUT2D eigenvalue weighted by Gasteiger charge is -2.23. The Morgan fingerprint density at radius 3 is 2.42 bits per heavy atom. The van der Waals surface area contributed by atoms with Crippen LogP contribution in [0.5, 0.6) is 0 Å². The van der Waals surface area contributed by atoms with E-state index in [9.17, 15) is 9.59 Å². The van der Waals surface area contributed by atoms with Gasteiger partial charge in [-0.15, -0.1) is 0 Å². The van der Waals surface area contributed by atoms with Gasteiger partial charge >= 0.3 is 0 Å². The predicted octanol–water partition coefficient (Wildman–Crippen LogP) is 4.06. The summed E-state index contributed by atoms with van der Waals surface area (Å²) in [6, 6.07) is 13.4. The molecule has 4 nitrogen and oxygen atoms in total. The number of nitrogens with zero attached hydrogens (tertiary/aromatic N) is 1. The number of carbonyl (C=O) groups is 2. The average molecular weight is 373 g/mol. The Bertz CT molecular complexity index is 772. The van der Waals surface area contributed by atoms with Crippen molar-refractivity contribution in [2.75, 3.05) is 18.0 Å². The topological polar surface area (TPSA) is 49.4 Å². The highest BCUT2D eigenvalue weighted by Gasteiger charge is 2.16. The number of aryl methyl sites for hydroxylation is 1. The third-order valence-corrected chi connectivity index (χ3v) is 4.71. The molecular weight excluding hydrogens is 348 g/mol. The molecule has 0 atom stereocenters. The van der Waals surface area contributed by atoms with Gasteiger partial charge in [0.15, 0.2) is 0 Å². The first kappa shape index (κ1) is 20.0. The van der Waals surface area contributed by atoms with Crippen molar-refractivity contribution in [1.29, 1.82) is 0 Å². The summed E-state index contributed by atoms with van der Waals surface area (Å²) < 4.78 is 0.